The quantitative estimate of drug-likeness (QED) is 0.155. The molecule has 0 heterocycles. The van der Waals surface area contributed by atoms with Gasteiger partial charge in [0.15, 0.2) is 11.4 Å². The molecule has 3 nitrogen and oxygen atoms in total. The summed E-state index contributed by atoms with van der Waals surface area (Å²) in [6.07, 6.45) is 29.0. The van der Waals surface area contributed by atoms with E-state index in [1.807, 2.05) is 6.08 Å². The maximum absolute atomic E-state index is 13.0. The minimum atomic E-state index is -0.730. The van der Waals surface area contributed by atoms with E-state index in [2.05, 4.69) is 19.8 Å². The van der Waals surface area contributed by atoms with Crippen LogP contribution >= 0.6 is 0 Å². The van der Waals surface area contributed by atoms with Gasteiger partial charge in [-0.05, 0) is 87.5 Å². The Morgan fingerprint density at radius 3 is 2.36 bits per heavy atom. The largest absolute Gasteiger partial charge is 0.445 e. The fourth-order valence-electron chi connectivity index (χ4n) is 8.94. The Labute approximate surface area is 220 Å². The van der Waals surface area contributed by atoms with E-state index >= 15 is 0 Å². The summed E-state index contributed by atoms with van der Waals surface area (Å²) < 4.78 is 6.35. The molecule has 0 radical (unpaired) electrons. The normalized spacial score (nSPS) is 35.2. The molecule has 3 fully saturated rings. The second-order valence-electron chi connectivity index (χ2n) is 12.4. The number of carbonyl (C=O) groups excluding carboxylic acids is 2. The molecule has 0 saturated heterocycles. The van der Waals surface area contributed by atoms with E-state index in [0.29, 0.717) is 42.3 Å². The van der Waals surface area contributed by atoms with Crippen molar-refractivity contribution in [2.75, 3.05) is 0 Å². The average molecular weight is 495 g/mol. The lowest BCUT2D eigenvalue weighted by Gasteiger charge is -2.56. The van der Waals surface area contributed by atoms with Crippen molar-refractivity contribution in [1.82, 2.24) is 0 Å². The molecule has 0 amide bonds. The first-order chi connectivity index (χ1) is 17.5. The number of hydrogen-bond donors (Lipinski definition) is 0. The summed E-state index contributed by atoms with van der Waals surface area (Å²) in [6, 6.07) is 0. The molecular weight excluding hydrogens is 444 g/mol. The smallest absolute Gasteiger partial charge is 0.307 e. The van der Waals surface area contributed by atoms with E-state index in [1.165, 1.54) is 56.9 Å². The number of hydrogen-bond acceptors (Lipinski definition) is 3. The topological polar surface area (TPSA) is 43.4 Å². The molecule has 36 heavy (non-hydrogen) atoms. The zero-order chi connectivity index (χ0) is 25.6. The van der Waals surface area contributed by atoms with Crippen molar-refractivity contribution in [1.29, 1.82) is 0 Å². The lowest BCUT2D eigenvalue weighted by Crippen LogP contribution is -2.55. The molecule has 0 N–H and O–H groups in total. The van der Waals surface area contributed by atoms with E-state index in [0.717, 1.165) is 57.8 Å². The summed E-state index contributed by atoms with van der Waals surface area (Å²) >= 11 is 0. The molecule has 4 aliphatic carbocycles. The third-order valence-electron chi connectivity index (χ3n) is 10.8. The SMILES string of the molecule is C#C[C@]1(OC(=O)CCCCCCCCCCC)CCC2C3CCC4=CC(=O)CCC4C3CC[C@@]21CC. The van der Waals surface area contributed by atoms with Crippen LogP contribution in [0, 0.1) is 41.4 Å². The maximum Gasteiger partial charge on any atom is 0.307 e. The first kappa shape index (κ1) is 27.5. The molecule has 6 atom stereocenters. The van der Waals surface area contributed by atoms with Crippen LogP contribution in [0.3, 0.4) is 0 Å². The minimum absolute atomic E-state index is 0.0776. The van der Waals surface area contributed by atoms with Gasteiger partial charge in [0.1, 0.15) is 0 Å². The Bertz CT molecular complexity index is 849. The van der Waals surface area contributed by atoms with Crippen molar-refractivity contribution in [2.45, 2.75) is 141 Å². The molecular formula is C33H50O3. The van der Waals surface area contributed by atoms with Crippen molar-refractivity contribution >= 4 is 11.8 Å². The standard InChI is InChI=1S/C33H50O3/c1-4-7-8-9-10-11-12-13-14-15-31(35)36-33(6-3)23-21-30-29-18-16-25-24-26(34)17-19-27(25)28(29)20-22-32(30,33)5-2/h3,24,27-30H,4-5,7-23H2,1-2H3/t27?,28?,29?,30?,32-,33-/m0/s1. The Kier molecular flexibility index (Phi) is 9.40. The van der Waals surface area contributed by atoms with Crippen LogP contribution in [-0.4, -0.2) is 17.4 Å². The number of rotatable bonds is 12. The highest BCUT2D eigenvalue weighted by molar-refractivity contribution is 5.91. The number of allylic oxidation sites excluding steroid dienone is 1. The van der Waals surface area contributed by atoms with E-state index in [4.69, 9.17) is 11.2 Å². The van der Waals surface area contributed by atoms with Crippen molar-refractivity contribution in [3.63, 3.8) is 0 Å². The van der Waals surface area contributed by atoms with Crippen molar-refractivity contribution in [3.05, 3.63) is 11.6 Å². The molecule has 0 aromatic rings. The maximum atomic E-state index is 13.0. The minimum Gasteiger partial charge on any atom is -0.445 e. The van der Waals surface area contributed by atoms with Crippen LogP contribution in [0.25, 0.3) is 0 Å². The molecule has 3 heteroatoms. The van der Waals surface area contributed by atoms with E-state index in [9.17, 15) is 9.59 Å². The number of esters is 1. The number of ketones is 1. The molecule has 4 unspecified atom stereocenters. The van der Waals surface area contributed by atoms with Crippen LogP contribution in [0.5, 0.6) is 0 Å². The van der Waals surface area contributed by atoms with Crippen LogP contribution in [-0.2, 0) is 14.3 Å². The van der Waals surface area contributed by atoms with Gasteiger partial charge in [-0.2, -0.15) is 0 Å². The van der Waals surface area contributed by atoms with Gasteiger partial charge in [-0.1, -0.05) is 76.7 Å². The van der Waals surface area contributed by atoms with Gasteiger partial charge in [0, 0.05) is 18.3 Å². The van der Waals surface area contributed by atoms with E-state index in [1.54, 1.807) is 0 Å². The summed E-state index contributed by atoms with van der Waals surface area (Å²) in [4.78, 5) is 25.1. The predicted octanol–water partition coefficient (Wildman–Crippen LogP) is 8.35. The Morgan fingerprint density at radius 2 is 1.67 bits per heavy atom. The highest BCUT2D eigenvalue weighted by atomic mass is 16.6. The van der Waals surface area contributed by atoms with Crippen LogP contribution in [0.4, 0.5) is 0 Å². The molecule has 200 valence electrons. The van der Waals surface area contributed by atoms with Crippen molar-refractivity contribution in [2.24, 2.45) is 29.1 Å². The molecule has 3 saturated carbocycles. The van der Waals surface area contributed by atoms with E-state index < -0.39 is 5.60 Å². The fraction of sp³-hybridized carbons (Fsp3) is 0.818. The molecule has 0 aromatic carbocycles. The first-order valence-electron chi connectivity index (χ1n) is 15.4. The molecule has 0 spiro atoms. The van der Waals surface area contributed by atoms with Gasteiger partial charge in [0.25, 0.3) is 0 Å². The van der Waals surface area contributed by atoms with Crippen LogP contribution in [0.1, 0.15) is 136 Å². The van der Waals surface area contributed by atoms with Crippen molar-refractivity contribution in [3.8, 4) is 12.3 Å². The highest BCUT2D eigenvalue weighted by Crippen LogP contribution is 2.67. The summed E-state index contributed by atoms with van der Waals surface area (Å²) in [5.41, 5.74) is 0.611. The monoisotopic (exact) mass is 494 g/mol. The molecule has 0 aliphatic heterocycles. The van der Waals surface area contributed by atoms with Crippen LogP contribution < -0.4 is 0 Å². The number of carbonyl (C=O) groups is 2. The highest BCUT2D eigenvalue weighted by Gasteiger charge is 2.65. The lowest BCUT2D eigenvalue weighted by molar-refractivity contribution is -0.173. The number of unbranched alkanes of at least 4 members (excludes halogenated alkanes) is 8. The predicted molar refractivity (Wildman–Crippen MR) is 146 cm³/mol. The zero-order valence-corrected chi connectivity index (χ0v) is 23.1. The molecule has 0 aromatic heterocycles. The zero-order valence-electron chi connectivity index (χ0n) is 23.1. The average Bonchev–Trinajstić information content (AvgIpc) is 3.22. The number of terminal acetylenes is 1. The molecule has 4 aliphatic rings. The van der Waals surface area contributed by atoms with Gasteiger partial charge in [0.05, 0.1) is 0 Å². The lowest BCUT2D eigenvalue weighted by atomic mass is 9.49. The van der Waals surface area contributed by atoms with Crippen molar-refractivity contribution < 1.29 is 14.3 Å². The second-order valence-corrected chi connectivity index (χ2v) is 12.4. The van der Waals surface area contributed by atoms with Gasteiger partial charge in [-0.3, -0.25) is 9.59 Å². The molecule has 0 bridgehead atoms. The summed E-state index contributed by atoms with van der Waals surface area (Å²) in [5.74, 6) is 5.80. The Balaban J connectivity index is 1.33. The second kappa shape index (κ2) is 12.3. The van der Waals surface area contributed by atoms with E-state index in [-0.39, 0.29) is 11.4 Å². The fourth-order valence-corrected chi connectivity index (χ4v) is 8.94. The van der Waals surface area contributed by atoms with Crippen LogP contribution in [0.2, 0.25) is 0 Å². The summed E-state index contributed by atoms with van der Waals surface area (Å²) in [5, 5.41) is 0. The summed E-state index contributed by atoms with van der Waals surface area (Å²) in [7, 11) is 0. The Hall–Kier alpha value is -1.56. The third kappa shape index (κ3) is 5.35. The third-order valence-corrected chi connectivity index (χ3v) is 10.8. The van der Waals surface area contributed by atoms with Crippen LogP contribution in [0.15, 0.2) is 11.6 Å². The summed E-state index contributed by atoms with van der Waals surface area (Å²) in [6.45, 7) is 4.53. The van der Waals surface area contributed by atoms with Gasteiger partial charge in [-0.25, -0.2) is 0 Å². The van der Waals surface area contributed by atoms with Gasteiger partial charge >= 0.3 is 5.97 Å². The Morgan fingerprint density at radius 1 is 0.944 bits per heavy atom. The number of fused-ring (bicyclic) bond motifs is 5. The number of ether oxygens (including phenoxy) is 1. The molecule has 4 rings (SSSR count). The van der Waals surface area contributed by atoms with Gasteiger partial charge in [-0.15, -0.1) is 6.42 Å². The van der Waals surface area contributed by atoms with Gasteiger partial charge < -0.3 is 4.74 Å². The van der Waals surface area contributed by atoms with Gasteiger partial charge in [0.2, 0.25) is 0 Å². The first-order valence-corrected chi connectivity index (χ1v) is 15.4.